The number of halogens is 1. The molecule has 1 aliphatic heterocycles. The summed E-state index contributed by atoms with van der Waals surface area (Å²) in [7, 11) is 0. The van der Waals surface area contributed by atoms with Crippen molar-refractivity contribution in [2.75, 3.05) is 13.1 Å². The number of aromatic nitrogens is 2. The summed E-state index contributed by atoms with van der Waals surface area (Å²) in [6, 6.07) is 0. The maximum Gasteiger partial charge on any atom is 0.273 e. The van der Waals surface area contributed by atoms with Gasteiger partial charge in [0.05, 0.1) is 10.7 Å². The van der Waals surface area contributed by atoms with E-state index in [-0.39, 0.29) is 5.91 Å². The molecule has 2 rings (SSSR count). The van der Waals surface area contributed by atoms with Gasteiger partial charge in [0.25, 0.3) is 5.91 Å². The van der Waals surface area contributed by atoms with Crippen LogP contribution in [-0.2, 0) is 6.54 Å². The molecule has 1 aliphatic rings. The molecule has 0 spiro atoms. The molecule has 17 heavy (non-hydrogen) atoms. The zero-order valence-corrected chi connectivity index (χ0v) is 11.9. The summed E-state index contributed by atoms with van der Waals surface area (Å²) < 4.78 is 2.55. The van der Waals surface area contributed by atoms with Crippen molar-refractivity contribution in [3.63, 3.8) is 0 Å². The van der Waals surface area contributed by atoms with E-state index in [1.807, 2.05) is 11.8 Å². The average molecular weight is 300 g/mol. The van der Waals surface area contributed by atoms with Crippen LogP contribution in [0.15, 0.2) is 10.7 Å². The van der Waals surface area contributed by atoms with Crippen LogP contribution in [0.4, 0.5) is 0 Å². The number of hydrogen-bond donors (Lipinski definition) is 0. The van der Waals surface area contributed by atoms with Gasteiger partial charge in [0, 0.05) is 19.6 Å². The van der Waals surface area contributed by atoms with Crippen molar-refractivity contribution >= 4 is 21.8 Å². The minimum atomic E-state index is 0.0998. The summed E-state index contributed by atoms with van der Waals surface area (Å²) in [4.78, 5) is 14.4. The first-order chi connectivity index (χ1) is 8.13. The van der Waals surface area contributed by atoms with Gasteiger partial charge in [-0.25, -0.2) is 0 Å². The van der Waals surface area contributed by atoms with Crippen LogP contribution in [0.3, 0.4) is 0 Å². The van der Waals surface area contributed by atoms with Crippen molar-refractivity contribution in [2.45, 2.75) is 33.2 Å². The Morgan fingerprint density at radius 2 is 2.41 bits per heavy atom. The van der Waals surface area contributed by atoms with Crippen molar-refractivity contribution in [1.82, 2.24) is 14.7 Å². The maximum atomic E-state index is 12.4. The van der Waals surface area contributed by atoms with Gasteiger partial charge in [-0.1, -0.05) is 6.92 Å². The number of nitrogens with zero attached hydrogens (tertiary/aromatic N) is 3. The Morgan fingerprint density at radius 3 is 3.06 bits per heavy atom. The molecule has 1 saturated heterocycles. The molecule has 0 bridgehead atoms. The zero-order chi connectivity index (χ0) is 12.4. The third-order valence-electron chi connectivity index (χ3n) is 3.24. The van der Waals surface area contributed by atoms with E-state index in [0.29, 0.717) is 11.6 Å². The lowest BCUT2D eigenvalue weighted by Gasteiger charge is -2.31. The third kappa shape index (κ3) is 2.54. The third-order valence-corrected chi connectivity index (χ3v) is 3.82. The molecule has 0 radical (unpaired) electrons. The van der Waals surface area contributed by atoms with Gasteiger partial charge in [-0.2, -0.15) is 5.10 Å². The number of likely N-dealkylation sites (tertiary alicyclic amines) is 1. The van der Waals surface area contributed by atoms with Crippen LogP contribution in [0.2, 0.25) is 0 Å². The highest BCUT2D eigenvalue weighted by atomic mass is 79.9. The van der Waals surface area contributed by atoms with Gasteiger partial charge in [0.15, 0.2) is 0 Å². The summed E-state index contributed by atoms with van der Waals surface area (Å²) >= 11 is 3.41. The highest BCUT2D eigenvalue weighted by Crippen LogP contribution is 2.22. The highest BCUT2D eigenvalue weighted by molar-refractivity contribution is 9.10. The smallest absolute Gasteiger partial charge is 0.273 e. The topological polar surface area (TPSA) is 38.1 Å². The molecule has 4 nitrogen and oxygen atoms in total. The first kappa shape index (κ1) is 12.6. The predicted molar refractivity (Wildman–Crippen MR) is 69.9 cm³/mol. The van der Waals surface area contributed by atoms with Crippen LogP contribution >= 0.6 is 15.9 Å². The molecule has 1 amide bonds. The molecule has 0 aliphatic carbocycles. The second-order valence-electron chi connectivity index (χ2n) is 4.66. The number of rotatable bonds is 2. The van der Waals surface area contributed by atoms with E-state index >= 15 is 0 Å². The van der Waals surface area contributed by atoms with Gasteiger partial charge in [-0.05, 0) is 41.6 Å². The van der Waals surface area contributed by atoms with Gasteiger partial charge in [0.2, 0.25) is 0 Å². The Kier molecular flexibility index (Phi) is 3.86. The van der Waals surface area contributed by atoms with Gasteiger partial charge >= 0.3 is 0 Å². The zero-order valence-electron chi connectivity index (χ0n) is 10.3. The van der Waals surface area contributed by atoms with Crippen LogP contribution in [0.25, 0.3) is 0 Å². The Hall–Kier alpha value is -0.840. The predicted octanol–water partition coefficient (Wildman–Crippen LogP) is 2.54. The number of carbonyl (C=O) groups is 1. The molecule has 0 unspecified atom stereocenters. The number of amides is 1. The van der Waals surface area contributed by atoms with E-state index in [0.717, 1.165) is 30.5 Å². The molecular weight excluding hydrogens is 282 g/mol. The molecule has 2 heterocycles. The molecule has 0 aromatic carbocycles. The normalized spacial score (nSPS) is 20.6. The van der Waals surface area contributed by atoms with Crippen molar-refractivity contribution in [3.8, 4) is 0 Å². The van der Waals surface area contributed by atoms with Crippen molar-refractivity contribution in [1.29, 1.82) is 0 Å². The number of hydrogen-bond acceptors (Lipinski definition) is 2. The van der Waals surface area contributed by atoms with Crippen LogP contribution < -0.4 is 0 Å². The fraction of sp³-hybridized carbons (Fsp3) is 0.667. The summed E-state index contributed by atoms with van der Waals surface area (Å²) in [6.45, 7) is 6.64. The van der Waals surface area contributed by atoms with E-state index in [4.69, 9.17) is 0 Å². The van der Waals surface area contributed by atoms with Gasteiger partial charge in [-0.3, -0.25) is 9.48 Å². The second kappa shape index (κ2) is 5.21. The standard InChI is InChI=1S/C12H18BrN3O/c1-3-16-11(10(13)7-14-16)12(17)15-6-4-5-9(2)8-15/h7,9H,3-6,8H2,1-2H3/t9-/m0/s1. The Bertz CT molecular complexity index is 416. The maximum absolute atomic E-state index is 12.4. The van der Waals surface area contributed by atoms with Crippen LogP contribution in [0, 0.1) is 5.92 Å². The fourth-order valence-electron chi connectivity index (χ4n) is 2.34. The van der Waals surface area contributed by atoms with Crippen LogP contribution in [0.1, 0.15) is 37.2 Å². The summed E-state index contributed by atoms with van der Waals surface area (Å²) in [6.07, 6.45) is 4.02. The summed E-state index contributed by atoms with van der Waals surface area (Å²) in [5.41, 5.74) is 0.682. The highest BCUT2D eigenvalue weighted by Gasteiger charge is 2.26. The van der Waals surface area contributed by atoms with E-state index < -0.39 is 0 Å². The second-order valence-corrected chi connectivity index (χ2v) is 5.51. The molecule has 1 atom stereocenters. The largest absolute Gasteiger partial charge is 0.337 e. The molecule has 0 saturated carbocycles. The van der Waals surface area contributed by atoms with E-state index in [2.05, 4.69) is 28.0 Å². The van der Waals surface area contributed by atoms with E-state index in [1.54, 1.807) is 10.9 Å². The first-order valence-electron chi connectivity index (χ1n) is 6.14. The van der Waals surface area contributed by atoms with Crippen molar-refractivity contribution in [2.24, 2.45) is 5.92 Å². The Balaban J connectivity index is 2.21. The number of carbonyl (C=O) groups excluding carboxylic acids is 1. The van der Waals surface area contributed by atoms with Crippen molar-refractivity contribution in [3.05, 3.63) is 16.4 Å². The molecule has 1 aromatic rings. The molecular formula is C12H18BrN3O. The van der Waals surface area contributed by atoms with Gasteiger partial charge < -0.3 is 4.90 Å². The van der Waals surface area contributed by atoms with E-state index in [1.165, 1.54) is 6.42 Å². The molecule has 1 aromatic heterocycles. The molecule has 94 valence electrons. The van der Waals surface area contributed by atoms with E-state index in [9.17, 15) is 4.79 Å². The number of aryl methyl sites for hydroxylation is 1. The lowest BCUT2D eigenvalue weighted by atomic mass is 10.00. The minimum absolute atomic E-state index is 0.0998. The summed E-state index contributed by atoms with van der Waals surface area (Å²) in [5, 5.41) is 4.19. The van der Waals surface area contributed by atoms with Gasteiger partial charge in [-0.15, -0.1) is 0 Å². The minimum Gasteiger partial charge on any atom is -0.337 e. The lowest BCUT2D eigenvalue weighted by Crippen LogP contribution is -2.40. The monoisotopic (exact) mass is 299 g/mol. The number of piperidine rings is 1. The van der Waals surface area contributed by atoms with Crippen LogP contribution in [-0.4, -0.2) is 33.7 Å². The molecule has 5 heteroatoms. The summed E-state index contributed by atoms with van der Waals surface area (Å²) in [5.74, 6) is 0.701. The van der Waals surface area contributed by atoms with Crippen LogP contribution in [0.5, 0.6) is 0 Å². The molecule has 1 fully saturated rings. The lowest BCUT2D eigenvalue weighted by molar-refractivity contribution is 0.0669. The Morgan fingerprint density at radius 1 is 1.65 bits per heavy atom. The Labute approximate surface area is 110 Å². The van der Waals surface area contributed by atoms with Gasteiger partial charge in [0.1, 0.15) is 5.69 Å². The first-order valence-corrected chi connectivity index (χ1v) is 6.93. The SMILES string of the molecule is CCn1ncc(Br)c1C(=O)N1CCC[C@H](C)C1. The fourth-order valence-corrected chi connectivity index (χ4v) is 2.80. The molecule has 0 N–H and O–H groups in total. The average Bonchev–Trinajstić information content (AvgIpc) is 2.69. The quantitative estimate of drug-likeness (QED) is 0.842. The van der Waals surface area contributed by atoms with Crippen molar-refractivity contribution < 1.29 is 4.79 Å².